The van der Waals surface area contributed by atoms with Gasteiger partial charge in [0.25, 0.3) is 0 Å². The highest BCUT2D eigenvalue weighted by Crippen LogP contribution is 2.36. The molecule has 0 unspecified atom stereocenters. The smallest absolute Gasteiger partial charge is 0.124 e. The van der Waals surface area contributed by atoms with Crippen molar-refractivity contribution in [1.29, 1.82) is 0 Å². The number of hydrogen-bond donors (Lipinski definition) is 3. The predicted octanol–water partition coefficient (Wildman–Crippen LogP) is 1.52. The van der Waals surface area contributed by atoms with Gasteiger partial charge in [0, 0.05) is 6.04 Å². The standard InChI is InChI=1S/C10H13NO2/c12-8-4-1-5-9(13)10(8)7-3-2-6-11-7/h1,4-5,7,11-13H,2-3,6H2/t7-/m0/s1. The minimum Gasteiger partial charge on any atom is -0.507 e. The van der Waals surface area contributed by atoms with Crippen molar-refractivity contribution in [2.75, 3.05) is 6.54 Å². The first kappa shape index (κ1) is 8.38. The minimum absolute atomic E-state index is 0.112. The Kier molecular flexibility index (Phi) is 2.10. The van der Waals surface area contributed by atoms with Crippen LogP contribution in [0.4, 0.5) is 0 Å². The van der Waals surface area contributed by atoms with Crippen LogP contribution >= 0.6 is 0 Å². The Morgan fingerprint density at radius 3 is 2.46 bits per heavy atom. The normalized spacial score (nSPS) is 22.0. The molecule has 3 heteroatoms. The molecule has 1 aliphatic rings. The van der Waals surface area contributed by atoms with Gasteiger partial charge >= 0.3 is 0 Å². The lowest BCUT2D eigenvalue weighted by atomic mass is 10.0. The first-order chi connectivity index (χ1) is 6.29. The van der Waals surface area contributed by atoms with Gasteiger partial charge in [-0.2, -0.15) is 0 Å². The van der Waals surface area contributed by atoms with E-state index in [2.05, 4.69) is 5.32 Å². The minimum atomic E-state index is 0.112. The highest BCUT2D eigenvalue weighted by Gasteiger charge is 2.21. The van der Waals surface area contributed by atoms with Gasteiger partial charge in [-0.25, -0.2) is 0 Å². The van der Waals surface area contributed by atoms with Crippen LogP contribution in [0.25, 0.3) is 0 Å². The second kappa shape index (κ2) is 3.26. The molecule has 0 aliphatic carbocycles. The first-order valence-electron chi connectivity index (χ1n) is 4.53. The average Bonchev–Trinajstić information content (AvgIpc) is 2.57. The van der Waals surface area contributed by atoms with E-state index in [-0.39, 0.29) is 17.5 Å². The van der Waals surface area contributed by atoms with Crippen molar-refractivity contribution in [3.05, 3.63) is 23.8 Å². The Morgan fingerprint density at radius 2 is 1.92 bits per heavy atom. The summed E-state index contributed by atoms with van der Waals surface area (Å²) in [7, 11) is 0. The van der Waals surface area contributed by atoms with Gasteiger partial charge in [0.15, 0.2) is 0 Å². The van der Waals surface area contributed by atoms with Crippen LogP contribution in [0, 0.1) is 0 Å². The van der Waals surface area contributed by atoms with E-state index >= 15 is 0 Å². The third kappa shape index (κ3) is 1.47. The van der Waals surface area contributed by atoms with Crippen LogP contribution < -0.4 is 5.32 Å². The molecule has 3 N–H and O–H groups in total. The molecule has 1 atom stereocenters. The highest BCUT2D eigenvalue weighted by atomic mass is 16.3. The van der Waals surface area contributed by atoms with Crippen molar-refractivity contribution in [3.63, 3.8) is 0 Å². The maximum Gasteiger partial charge on any atom is 0.124 e. The Hall–Kier alpha value is -1.22. The van der Waals surface area contributed by atoms with E-state index in [1.165, 1.54) is 0 Å². The van der Waals surface area contributed by atoms with Crippen LogP contribution in [-0.4, -0.2) is 16.8 Å². The van der Waals surface area contributed by atoms with Gasteiger partial charge in [-0.05, 0) is 31.5 Å². The molecule has 1 aromatic rings. The summed E-state index contributed by atoms with van der Waals surface area (Å²) in [6.07, 6.45) is 2.07. The topological polar surface area (TPSA) is 52.5 Å². The zero-order valence-corrected chi connectivity index (χ0v) is 7.33. The van der Waals surface area contributed by atoms with E-state index in [0.717, 1.165) is 19.4 Å². The van der Waals surface area contributed by atoms with Crippen LogP contribution in [0.3, 0.4) is 0 Å². The number of phenolic OH excluding ortho intramolecular Hbond substituents is 2. The first-order valence-corrected chi connectivity index (χ1v) is 4.53. The largest absolute Gasteiger partial charge is 0.507 e. The lowest BCUT2D eigenvalue weighted by molar-refractivity contribution is 0.423. The van der Waals surface area contributed by atoms with Gasteiger partial charge in [0.2, 0.25) is 0 Å². The Bertz CT molecular complexity index is 286. The molecule has 1 aliphatic heterocycles. The second-order valence-corrected chi connectivity index (χ2v) is 3.36. The molecule has 1 heterocycles. The lowest BCUT2D eigenvalue weighted by Gasteiger charge is -2.13. The van der Waals surface area contributed by atoms with E-state index in [1.807, 2.05) is 0 Å². The van der Waals surface area contributed by atoms with Crippen LogP contribution in [0.5, 0.6) is 11.5 Å². The second-order valence-electron chi connectivity index (χ2n) is 3.36. The molecule has 1 aromatic carbocycles. The molecular formula is C10H13NO2. The summed E-state index contributed by atoms with van der Waals surface area (Å²) in [6, 6.07) is 4.97. The number of hydrogen-bond acceptors (Lipinski definition) is 3. The molecule has 0 radical (unpaired) electrons. The van der Waals surface area contributed by atoms with Gasteiger partial charge in [-0.3, -0.25) is 0 Å². The maximum atomic E-state index is 9.55. The summed E-state index contributed by atoms with van der Waals surface area (Å²) in [5.74, 6) is 0.360. The molecule has 0 aromatic heterocycles. The summed E-state index contributed by atoms with van der Waals surface area (Å²) < 4.78 is 0. The molecule has 1 saturated heterocycles. The Labute approximate surface area is 77.0 Å². The molecule has 70 valence electrons. The summed E-state index contributed by atoms with van der Waals surface area (Å²) in [4.78, 5) is 0. The summed E-state index contributed by atoms with van der Waals surface area (Å²) in [5.41, 5.74) is 0.639. The fourth-order valence-electron chi connectivity index (χ4n) is 1.83. The van der Waals surface area contributed by atoms with Gasteiger partial charge in [-0.1, -0.05) is 6.07 Å². The number of benzene rings is 1. The molecule has 0 spiro atoms. The molecule has 13 heavy (non-hydrogen) atoms. The molecule has 0 bridgehead atoms. The van der Waals surface area contributed by atoms with Gasteiger partial charge < -0.3 is 15.5 Å². The quantitative estimate of drug-likeness (QED) is 0.612. The van der Waals surface area contributed by atoms with Crippen molar-refractivity contribution >= 4 is 0 Å². The van der Waals surface area contributed by atoms with Gasteiger partial charge in [-0.15, -0.1) is 0 Å². The molecule has 3 nitrogen and oxygen atoms in total. The molecule has 0 amide bonds. The fraction of sp³-hybridized carbons (Fsp3) is 0.400. The van der Waals surface area contributed by atoms with Crippen LogP contribution in [0.1, 0.15) is 24.4 Å². The third-order valence-corrected chi connectivity index (χ3v) is 2.47. The monoisotopic (exact) mass is 179 g/mol. The van der Waals surface area contributed by atoms with Crippen molar-refractivity contribution < 1.29 is 10.2 Å². The SMILES string of the molecule is Oc1cccc(O)c1[C@@H]1CCCN1. The fourth-order valence-corrected chi connectivity index (χ4v) is 1.83. The van der Waals surface area contributed by atoms with Crippen LogP contribution in [-0.2, 0) is 0 Å². The lowest BCUT2D eigenvalue weighted by Crippen LogP contribution is -2.13. The summed E-state index contributed by atoms with van der Waals surface area (Å²) in [5, 5.41) is 22.3. The van der Waals surface area contributed by atoms with Crippen molar-refractivity contribution in [3.8, 4) is 11.5 Å². The molecular weight excluding hydrogens is 166 g/mol. The molecule has 2 rings (SSSR count). The van der Waals surface area contributed by atoms with E-state index in [0.29, 0.717) is 5.56 Å². The van der Waals surface area contributed by atoms with E-state index in [4.69, 9.17) is 0 Å². The zero-order chi connectivity index (χ0) is 9.26. The van der Waals surface area contributed by atoms with Crippen LogP contribution in [0.2, 0.25) is 0 Å². The molecule has 0 saturated carbocycles. The van der Waals surface area contributed by atoms with Crippen molar-refractivity contribution in [1.82, 2.24) is 5.32 Å². The number of rotatable bonds is 1. The van der Waals surface area contributed by atoms with Crippen LogP contribution in [0.15, 0.2) is 18.2 Å². The number of phenols is 2. The molecule has 1 fully saturated rings. The third-order valence-electron chi connectivity index (χ3n) is 2.47. The maximum absolute atomic E-state index is 9.55. The predicted molar refractivity (Wildman–Crippen MR) is 49.7 cm³/mol. The van der Waals surface area contributed by atoms with Crippen molar-refractivity contribution in [2.45, 2.75) is 18.9 Å². The summed E-state index contributed by atoms with van der Waals surface area (Å²) in [6.45, 7) is 0.957. The van der Waals surface area contributed by atoms with Gasteiger partial charge in [0.1, 0.15) is 11.5 Å². The highest BCUT2D eigenvalue weighted by molar-refractivity contribution is 5.45. The Balaban J connectivity index is 2.37. The zero-order valence-electron chi connectivity index (χ0n) is 7.33. The number of nitrogens with one attached hydrogen (secondary N) is 1. The van der Waals surface area contributed by atoms with E-state index in [9.17, 15) is 10.2 Å². The van der Waals surface area contributed by atoms with E-state index in [1.54, 1.807) is 18.2 Å². The Morgan fingerprint density at radius 1 is 1.23 bits per heavy atom. The van der Waals surface area contributed by atoms with Gasteiger partial charge in [0.05, 0.1) is 5.56 Å². The van der Waals surface area contributed by atoms with Crippen molar-refractivity contribution in [2.24, 2.45) is 0 Å². The number of aromatic hydroxyl groups is 2. The summed E-state index contributed by atoms with van der Waals surface area (Å²) >= 11 is 0. The average molecular weight is 179 g/mol. The van der Waals surface area contributed by atoms with E-state index < -0.39 is 0 Å².